The third kappa shape index (κ3) is 4.95. The van der Waals surface area contributed by atoms with Crippen molar-refractivity contribution in [3.05, 3.63) is 102 Å². The molecular formula is C27H29N4O2+. The molecule has 0 spiro atoms. The Morgan fingerprint density at radius 2 is 1.55 bits per heavy atom. The molecule has 4 rings (SSSR count). The van der Waals surface area contributed by atoms with Gasteiger partial charge < -0.3 is 10.2 Å². The van der Waals surface area contributed by atoms with Crippen LogP contribution in [0.3, 0.4) is 0 Å². The number of nitrogens with zero attached hydrogens (tertiary/aromatic N) is 2. The fourth-order valence-electron chi connectivity index (χ4n) is 4.17. The predicted octanol–water partition coefficient (Wildman–Crippen LogP) is 3.55. The van der Waals surface area contributed by atoms with Gasteiger partial charge in [0.2, 0.25) is 12.3 Å². The van der Waals surface area contributed by atoms with E-state index in [1.165, 1.54) is 0 Å². The van der Waals surface area contributed by atoms with E-state index in [2.05, 4.69) is 41.6 Å². The molecule has 2 atom stereocenters. The lowest BCUT2D eigenvalue weighted by Gasteiger charge is -2.20. The van der Waals surface area contributed by atoms with E-state index in [9.17, 15) is 9.59 Å². The zero-order valence-electron chi connectivity index (χ0n) is 18.9. The molecule has 0 bridgehead atoms. The number of hydrogen-bond acceptors (Lipinski definition) is 3. The minimum absolute atomic E-state index is 0.246. The van der Waals surface area contributed by atoms with Gasteiger partial charge in [-0.1, -0.05) is 48.5 Å². The Morgan fingerprint density at radius 1 is 0.939 bits per heavy atom. The fraction of sp³-hybridized carbons (Fsp3) is 0.222. The van der Waals surface area contributed by atoms with Crippen molar-refractivity contribution in [3.63, 3.8) is 0 Å². The Kier molecular flexibility index (Phi) is 6.83. The molecule has 1 saturated heterocycles. The lowest BCUT2D eigenvalue weighted by atomic mass is 10.00. The number of hydrogen-bond donors (Lipinski definition) is 2. The number of hydrazine groups is 1. The van der Waals surface area contributed by atoms with Gasteiger partial charge in [0.15, 0.2) is 6.04 Å². The number of carbonyl (C=O) groups excluding carboxylic acids is 2. The molecule has 0 radical (unpaired) electrons. The number of anilines is 1. The van der Waals surface area contributed by atoms with Gasteiger partial charge in [0.1, 0.15) is 0 Å². The first-order valence-corrected chi connectivity index (χ1v) is 11.3. The summed E-state index contributed by atoms with van der Waals surface area (Å²) in [4.78, 5) is 28.1. The molecular weight excluding hydrogens is 412 g/mol. The van der Waals surface area contributed by atoms with Crippen molar-refractivity contribution in [3.8, 4) is 0 Å². The number of amides is 2. The maximum atomic E-state index is 13.0. The average Bonchev–Trinajstić information content (AvgIpc) is 3.16. The number of carbonyl (C=O) groups is 2. The Labute approximate surface area is 194 Å². The van der Waals surface area contributed by atoms with Crippen molar-refractivity contribution in [2.24, 2.45) is 0 Å². The molecule has 0 aromatic heterocycles. The zero-order chi connectivity index (χ0) is 23.2. The van der Waals surface area contributed by atoms with Crippen molar-refractivity contribution in [2.75, 3.05) is 18.0 Å². The van der Waals surface area contributed by atoms with Crippen molar-refractivity contribution >= 4 is 23.7 Å². The van der Waals surface area contributed by atoms with Gasteiger partial charge in [0.25, 0.3) is 5.91 Å². The highest BCUT2D eigenvalue weighted by molar-refractivity contribution is 5.98. The van der Waals surface area contributed by atoms with Crippen LogP contribution in [0.5, 0.6) is 0 Å². The lowest BCUT2D eigenvalue weighted by molar-refractivity contribution is -0.596. The van der Waals surface area contributed by atoms with Crippen LogP contribution in [-0.4, -0.2) is 41.8 Å². The van der Waals surface area contributed by atoms with E-state index in [4.69, 9.17) is 0 Å². The predicted molar refractivity (Wildman–Crippen MR) is 130 cm³/mol. The molecule has 0 saturated carbocycles. The van der Waals surface area contributed by atoms with Crippen LogP contribution in [0.25, 0.3) is 0 Å². The van der Waals surface area contributed by atoms with Crippen LogP contribution in [0.15, 0.2) is 84.9 Å². The van der Waals surface area contributed by atoms with Gasteiger partial charge in [-0.3, -0.25) is 9.59 Å². The van der Waals surface area contributed by atoms with Crippen LogP contribution >= 0.6 is 0 Å². The van der Waals surface area contributed by atoms with Crippen LogP contribution in [0, 0.1) is 0 Å². The summed E-state index contributed by atoms with van der Waals surface area (Å²) in [5.74, 6) is -0.522. The Balaban J connectivity index is 1.65. The summed E-state index contributed by atoms with van der Waals surface area (Å²) in [5, 5.41) is 2.93. The van der Waals surface area contributed by atoms with Crippen LogP contribution in [0.2, 0.25) is 0 Å². The summed E-state index contributed by atoms with van der Waals surface area (Å²) in [5.41, 5.74) is 6.51. The van der Waals surface area contributed by atoms with E-state index in [1.807, 2.05) is 54.7 Å². The van der Waals surface area contributed by atoms with Gasteiger partial charge in [-0.05, 0) is 50.2 Å². The number of nitrogens with one attached hydrogen (secondary N) is 2. The first-order valence-electron chi connectivity index (χ1n) is 11.3. The van der Waals surface area contributed by atoms with Crippen LogP contribution in [0.4, 0.5) is 5.69 Å². The summed E-state index contributed by atoms with van der Waals surface area (Å²) in [6.07, 6.45) is 1.91. The summed E-state index contributed by atoms with van der Waals surface area (Å²) in [6.45, 7) is 6.16. The highest BCUT2D eigenvalue weighted by atomic mass is 16.2. The Bertz CT molecular complexity index is 1120. The summed E-state index contributed by atoms with van der Waals surface area (Å²) in [6, 6.07) is 25.8. The van der Waals surface area contributed by atoms with E-state index in [0.29, 0.717) is 5.56 Å². The molecule has 2 amide bonds. The summed E-state index contributed by atoms with van der Waals surface area (Å²) >= 11 is 0. The molecule has 1 fully saturated rings. The molecule has 0 aliphatic carbocycles. The van der Waals surface area contributed by atoms with Gasteiger partial charge >= 0.3 is 5.91 Å². The fourth-order valence-corrected chi connectivity index (χ4v) is 4.17. The molecule has 1 aliphatic heterocycles. The normalized spacial score (nSPS) is 18.7. The van der Waals surface area contributed by atoms with Gasteiger partial charge in [-0.2, -0.15) is 0 Å². The third-order valence-electron chi connectivity index (χ3n) is 5.91. The van der Waals surface area contributed by atoms with E-state index < -0.39 is 6.04 Å². The average molecular weight is 442 g/mol. The first-order chi connectivity index (χ1) is 16.1. The number of hydrazone groups is 1. The molecule has 1 heterocycles. The SMILES string of the molecule is CCN(CC)c1ccc(/C=[N+]2\NC(=O)[C@@H](NC(=O)c3ccccc3)[C@H]2c2ccccc2)cc1. The van der Waals surface area contributed by atoms with Crippen molar-refractivity contribution in [2.45, 2.75) is 25.9 Å². The minimum Gasteiger partial charge on any atom is -0.372 e. The second-order valence-electron chi connectivity index (χ2n) is 7.95. The van der Waals surface area contributed by atoms with Crippen LogP contribution < -0.4 is 15.6 Å². The highest BCUT2D eigenvalue weighted by Crippen LogP contribution is 2.25. The molecule has 0 unspecified atom stereocenters. The molecule has 6 nitrogen and oxygen atoms in total. The Hall–Kier alpha value is -3.93. The molecule has 6 heteroatoms. The van der Waals surface area contributed by atoms with Crippen LogP contribution in [-0.2, 0) is 4.79 Å². The number of benzene rings is 3. The Morgan fingerprint density at radius 3 is 2.15 bits per heavy atom. The minimum atomic E-state index is -0.730. The maximum Gasteiger partial charge on any atom is 0.304 e. The summed E-state index contributed by atoms with van der Waals surface area (Å²) in [7, 11) is 0. The van der Waals surface area contributed by atoms with Gasteiger partial charge in [-0.25, -0.2) is 0 Å². The molecule has 1 aliphatic rings. The molecule has 33 heavy (non-hydrogen) atoms. The van der Waals surface area contributed by atoms with Crippen molar-refractivity contribution < 1.29 is 14.3 Å². The lowest BCUT2D eigenvalue weighted by Crippen LogP contribution is -2.42. The van der Waals surface area contributed by atoms with E-state index in [-0.39, 0.29) is 17.9 Å². The van der Waals surface area contributed by atoms with Crippen molar-refractivity contribution in [1.82, 2.24) is 10.7 Å². The number of rotatable bonds is 7. The van der Waals surface area contributed by atoms with Crippen molar-refractivity contribution in [1.29, 1.82) is 0 Å². The zero-order valence-corrected chi connectivity index (χ0v) is 18.9. The molecule has 168 valence electrons. The first kappa shape index (κ1) is 22.3. The van der Waals surface area contributed by atoms with E-state index in [1.54, 1.807) is 28.9 Å². The molecule has 2 N–H and O–H groups in total. The van der Waals surface area contributed by atoms with E-state index in [0.717, 1.165) is 29.9 Å². The van der Waals surface area contributed by atoms with Gasteiger partial charge in [0.05, 0.1) is 0 Å². The summed E-state index contributed by atoms with van der Waals surface area (Å²) < 4.78 is 1.79. The largest absolute Gasteiger partial charge is 0.372 e. The smallest absolute Gasteiger partial charge is 0.304 e. The quantitative estimate of drug-likeness (QED) is 0.551. The second-order valence-corrected chi connectivity index (χ2v) is 7.95. The third-order valence-corrected chi connectivity index (χ3v) is 5.91. The van der Waals surface area contributed by atoms with Crippen LogP contribution in [0.1, 0.15) is 41.4 Å². The monoisotopic (exact) mass is 441 g/mol. The topological polar surface area (TPSA) is 64.5 Å². The van der Waals surface area contributed by atoms with Gasteiger partial charge in [0, 0.05) is 35.5 Å². The highest BCUT2D eigenvalue weighted by Gasteiger charge is 2.47. The van der Waals surface area contributed by atoms with E-state index >= 15 is 0 Å². The molecule has 3 aromatic carbocycles. The maximum absolute atomic E-state index is 13.0. The van der Waals surface area contributed by atoms with Gasteiger partial charge in [-0.15, -0.1) is 10.1 Å². The standard InChI is InChI=1S/C27H28N4O2/c1-3-30(4-2)23-17-15-20(16-18-23)19-31-25(21-11-7-5-8-12-21)24(27(33)29-31)28-26(32)22-13-9-6-10-14-22/h5-19,24-25H,3-4H2,1-2H3,(H-,28,29,32,33)/p+1/t24-,25+/m0/s1. The second kappa shape index (κ2) is 10.1. The molecule has 3 aromatic rings.